The van der Waals surface area contributed by atoms with Crippen molar-refractivity contribution in [3.63, 3.8) is 0 Å². The Labute approximate surface area is 162 Å². The third-order valence-corrected chi connectivity index (χ3v) is 7.40. The van der Waals surface area contributed by atoms with Crippen molar-refractivity contribution in [3.05, 3.63) is 11.4 Å². The van der Waals surface area contributed by atoms with E-state index in [0.717, 1.165) is 52.4 Å². The Hall–Kier alpha value is -1.77. The van der Waals surface area contributed by atoms with Crippen LogP contribution in [0, 0.1) is 0 Å². The SMILES string of the molecule is CC1CC(=Nc2nc(N[C@@H]3C[C@H]4CCC5C[C@@H](C3)N54)nc3sccc23)NN1. The highest BCUT2D eigenvalue weighted by Crippen LogP contribution is 2.46. The van der Waals surface area contributed by atoms with Crippen molar-refractivity contribution in [1.29, 1.82) is 0 Å². The maximum atomic E-state index is 4.79. The van der Waals surface area contributed by atoms with Crippen molar-refractivity contribution in [1.82, 2.24) is 25.7 Å². The zero-order valence-corrected chi connectivity index (χ0v) is 16.3. The number of anilines is 1. The zero-order chi connectivity index (χ0) is 18.0. The summed E-state index contributed by atoms with van der Waals surface area (Å²) in [6, 6.07) is 5.36. The fourth-order valence-electron chi connectivity index (χ4n) is 5.42. The molecule has 8 heteroatoms. The molecule has 4 aliphatic rings. The van der Waals surface area contributed by atoms with Gasteiger partial charge in [0.2, 0.25) is 5.95 Å². The van der Waals surface area contributed by atoms with Crippen LogP contribution in [0.1, 0.15) is 45.4 Å². The summed E-state index contributed by atoms with van der Waals surface area (Å²) >= 11 is 1.66. The highest BCUT2D eigenvalue weighted by molar-refractivity contribution is 7.16. The number of aliphatic imine (C=N–C) groups is 1. The molecule has 27 heavy (non-hydrogen) atoms. The molecule has 0 spiro atoms. The molecular formula is C19H25N7S. The first-order chi connectivity index (χ1) is 13.2. The van der Waals surface area contributed by atoms with Gasteiger partial charge in [-0.2, -0.15) is 4.98 Å². The van der Waals surface area contributed by atoms with Crippen LogP contribution in [0.2, 0.25) is 0 Å². The minimum absolute atomic E-state index is 0.393. The van der Waals surface area contributed by atoms with Crippen LogP contribution >= 0.6 is 11.3 Å². The van der Waals surface area contributed by atoms with Crippen molar-refractivity contribution >= 4 is 39.2 Å². The van der Waals surface area contributed by atoms with Crippen LogP contribution in [-0.4, -0.2) is 50.9 Å². The third kappa shape index (κ3) is 2.73. The smallest absolute Gasteiger partial charge is 0.226 e. The molecule has 4 aliphatic heterocycles. The Morgan fingerprint density at radius 1 is 1.19 bits per heavy atom. The first kappa shape index (κ1) is 16.2. The van der Waals surface area contributed by atoms with Gasteiger partial charge in [-0.05, 0) is 50.5 Å². The van der Waals surface area contributed by atoms with Crippen LogP contribution in [0.25, 0.3) is 10.2 Å². The Morgan fingerprint density at radius 3 is 2.89 bits per heavy atom. The predicted molar refractivity (Wildman–Crippen MR) is 109 cm³/mol. The Morgan fingerprint density at radius 2 is 2.04 bits per heavy atom. The molecular weight excluding hydrogens is 358 g/mol. The van der Waals surface area contributed by atoms with Gasteiger partial charge in [0, 0.05) is 36.6 Å². The van der Waals surface area contributed by atoms with Gasteiger partial charge in [0.25, 0.3) is 0 Å². The lowest BCUT2D eigenvalue weighted by atomic mass is 9.83. The van der Waals surface area contributed by atoms with Crippen LogP contribution in [0.4, 0.5) is 11.8 Å². The van der Waals surface area contributed by atoms with Crippen molar-refractivity contribution in [3.8, 4) is 0 Å². The van der Waals surface area contributed by atoms with E-state index in [9.17, 15) is 0 Å². The van der Waals surface area contributed by atoms with Crippen molar-refractivity contribution in [2.24, 2.45) is 4.99 Å². The van der Waals surface area contributed by atoms with Crippen LogP contribution in [0.5, 0.6) is 0 Å². The number of hydrogen-bond acceptors (Lipinski definition) is 7. The summed E-state index contributed by atoms with van der Waals surface area (Å²) in [6.45, 7) is 2.14. The van der Waals surface area contributed by atoms with E-state index in [2.05, 4.69) is 39.4 Å². The van der Waals surface area contributed by atoms with Gasteiger partial charge in [-0.1, -0.05) is 0 Å². The molecule has 4 saturated heterocycles. The number of nitrogens with zero attached hydrogens (tertiary/aromatic N) is 4. The normalized spacial score (nSPS) is 36.6. The summed E-state index contributed by atoms with van der Waals surface area (Å²) in [7, 11) is 0. The van der Waals surface area contributed by atoms with Gasteiger partial charge in [0.1, 0.15) is 10.7 Å². The molecule has 2 aromatic rings. The minimum Gasteiger partial charge on any atom is -0.351 e. The minimum atomic E-state index is 0.393. The summed E-state index contributed by atoms with van der Waals surface area (Å²) < 4.78 is 0. The lowest BCUT2D eigenvalue weighted by Crippen LogP contribution is -2.61. The van der Waals surface area contributed by atoms with Crippen LogP contribution in [0.3, 0.4) is 0 Å². The molecule has 0 aromatic carbocycles. The summed E-state index contributed by atoms with van der Waals surface area (Å²) in [5, 5.41) is 6.76. The molecule has 6 heterocycles. The largest absolute Gasteiger partial charge is 0.351 e. The maximum Gasteiger partial charge on any atom is 0.226 e. The molecule has 6 rings (SSSR count). The number of hydrazine groups is 1. The molecule has 2 aromatic heterocycles. The van der Waals surface area contributed by atoms with Gasteiger partial charge < -0.3 is 10.7 Å². The number of piperidine rings is 1. The van der Waals surface area contributed by atoms with Gasteiger partial charge in [0.05, 0.1) is 5.39 Å². The van der Waals surface area contributed by atoms with E-state index >= 15 is 0 Å². The molecule has 4 fully saturated rings. The molecule has 0 amide bonds. The van der Waals surface area contributed by atoms with E-state index in [1.54, 1.807) is 11.3 Å². The van der Waals surface area contributed by atoms with Gasteiger partial charge in [-0.25, -0.2) is 15.4 Å². The van der Waals surface area contributed by atoms with E-state index in [-0.39, 0.29) is 0 Å². The standard InChI is InChI=1S/C19H25N7S/c1-10-6-16(25-24-10)21-17-15-4-5-27-18(15)23-19(22-17)20-11-7-12-2-3-13-9-14(8-11)26(12)13/h4-5,10-14,24H,2-3,6-9H2,1H3,(H2,20,21,22,23,25)/t10?,11-,12-,13?,14-/m1/s1. The lowest BCUT2D eigenvalue weighted by Gasteiger charge is -2.53. The highest BCUT2D eigenvalue weighted by Gasteiger charge is 2.50. The van der Waals surface area contributed by atoms with Gasteiger partial charge in [0.15, 0.2) is 5.82 Å². The number of hydrogen-bond donors (Lipinski definition) is 3. The van der Waals surface area contributed by atoms with Crippen molar-refractivity contribution < 1.29 is 0 Å². The van der Waals surface area contributed by atoms with Crippen molar-refractivity contribution in [2.45, 2.75) is 75.7 Å². The zero-order valence-electron chi connectivity index (χ0n) is 15.5. The van der Waals surface area contributed by atoms with E-state index in [1.165, 1.54) is 32.1 Å². The Balaban J connectivity index is 1.27. The molecule has 0 bridgehead atoms. The number of amidine groups is 1. The quantitative estimate of drug-likeness (QED) is 0.757. The summed E-state index contributed by atoms with van der Waals surface area (Å²) in [5.41, 5.74) is 6.37. The molecule has 5 atom stereocenters. The van der Waals surface area contributed by atoms with Crippen LogP contribution in [-0.2, 0) is 0 Å². The van der Waals surface area contributed by atoms with Crippen molar-refractivity contribution in [2.75, 3.05) is 5.32 Å². The number of thiophene rings is 1. The number of nitrogens with one attached hydrogen (secondary N) is 3. The van der Waals surface area contributed by atoms with E-state index in [1.807, 2.05) is 0 Å². The van der Waals surface area contributed by atoms with E-state index < -0.39 is 0 Å². The Kier molecular flexibility index (Phi) is 3.67. The highest BCUT2D eigenvalue weighted by atomic mass is 32.1. The second-order valence-corrected chi connectivity index (χ2v) is 9.37. The summed E-state index contributed by atoms with van der Waals surface area (Å²) in [6.07, 6.45) is 7.46. The first-order valence-electron chi connectivity index (χ1n) is 10.1. The molecule has 3 N–H and O–H groups in total. The van der Waals surface area contributed by atoms with E-state index in [4.69, 9.17) is 15.0 Å². The molecule has 0 radical (unpaired) electrons. The molecule has 0 saturated carbocycles. The number of rotatable bonds is 3. The molecule has 0 aliphatic carbocycles. The molecule has 7 nitrogen and oxygen atoms in total. The van der Waals surface area contributed by atoms with Crippen LogP contribution < -0.4 is 16.2 Å². The maximum absolute atomic E-state index is 4.79. The average Bonchev–Trinajstić information content (AvgIpc) is 3.32. The van der Waals surface area contributed by atoms with Crippen LogP contribution in [0.15, 0.2) is 16.4 Å². The lowest BCUT2D eigenvalue weighted by molar-refractivity contribution is -0.0180. The predicted octanol–water partition coefficient (Wildman–Crippen LogP) is 2.79. The third-order valence-electron chi connectivity index (χ3n) is 6.60. The van der Waals surface area contributed by atoms with Gasteiger partial charge in [-0.3, -0.25) is 4.90 Å². The first-order valence-corrected chi connectivity index (χ1v) is 11.0. The Bertz CT molecular complexity index is 909. The molecule has 2 unspecified atom stereocenters. The van der Waals surface area contributed by atoms with Gasteiger partial charge in [-0.15, -0.1) is 11.3 Å². The molecule has 142 valence electrons. The van der Waals surface area contributed by atoms with Gasteiger partial charge >= 0.3 is 0 Å². The fourth-order valence-corrected chi connectivity index (χ4v) is 6.17. The monoisotopic (exact) mass is 383 g/mol. The topological polar surface area (TPSA) is 77.5 Å². The fraction of sp³-hybridized carbons (Fsp3) is 0.632. The average molecular weight is 384 g/mol. The van der Waals surface area contributed by atoms with E-state index in [0.29, 0.717) is 12.1 Å². The second-order valence-electron chi connectivity index (χ2n) is 8.48. The summed E-state index contributed by atoms with van der Waals surface area (Å²) in [5.74, 6) is 2.44. The number of aromatic nitrogens is 2. The number of fused-ring (bicyclic) bond motifs is 1. The second kappa shape index (κ2) is 6.12. The summed E-state index contributed by atoms with van der Waals surface area (Å²) in [4.78, 5) is 18.1.